The molecule has 1 atom stereocenters. The summed E-state index contributed by atoms with van der Waals surface area (Å²) in [5, 5.41) is 2.71. The van der Waals surface area contributed by atoms with Crippen LogP contribution in [0.1, 0.15) is 26.7 Å². The van der Waals surface area contributed by atoms with Gasteiger partial charge in [-0.2, -0.15) is 8.78 Å². The predicted molar refractivity (Wildman–Crippen MR) is 117 cm³/mol. The molecule has 0 spiro atoms. The van der Waals surface area contributed by atoms with Gasteiger partial charge in [-0.05, 0) is 36.8 Å². The molecule has 2 aliphatic rings. The van der Waals surface area contributed by atoms with Gasteiger partial charge >= 0.3 is 6.61 Å². The highest BCUT2D eigenvalue weighted by atomic mass is 19.3. The fraction of sp³-hybridized carbons (Fsp3) is 0.636. The first-order valence-corrected chi connectivity index (χ1v) is 11.0. The number of ether oxygens (including phenoxy) is 2. The topological polar surface area (TPSA) is 97.1 Å². The number of nitrogens with zero attached hydrogens (tertiary/aromatic N) is 2. The Kier molecular flexibility index (Phi) is 8.38. The standard InChI is InChI=1S/C22H32F2N4O4/c1-14(2)11-27(12-15-3-4-15)18(10-25)21(30)26-17-6-5-16(9-19(17)32-22(23)24)28-7-8-31-13-20(28)29/h5-6,9,14-15,18,22H,3-4,7-8,10-13,25H2,1-2H3,(H,26,30)/t18-/m0/s1. The molecule has 1 aliphatic carbocycles. The van der Waals surface area contributed by atoms with Gasteiger partial charge < -0.3 is 25.4 Å². The van der Waals surface area contributed by atoms with Crippen molar-refractivity contribution in [2.24, 2.45) is 17.6 Å². The number of morpholine rings is 1. The van der Waals surface area contributed by atoms with Crippen molar-refractivity contribution >= 4 is 23.2 Å². The van der Waals surface area contributed by atoms with Gasteiger partial charge in [0.05, 0.1) is 12.3 Å². The average Bonchev–Trinajstić information content (AvgIpc) is 3.53. The van der Waals surface area contributed by atoms with Gasteiger partial charge in [0.25, 0.3) is 5.91 Å². The monoisotopic (exact) mass is 454 g/mol. The molecule has 2 fully saturated rings. The van der Waals surface area contributed by atoms with Crippen LogP contribution < -0.4 is 20.7 Å². The molecule has 178 valence electrons. The van der Waals surface area contributed by atoms with Crippen molar-refractivity contribution in [1.29, 1.82) is 0 Å². The minimum Gasteiger partial charge on any atom is -0.433 e. The quantitative estimate of drug-likeness (QED) is 0.533. The number of alkyl halides is 2. The maximum Gasteiger partial charge on any atom is 0.387 e. The molecule has 1 heterocycles. The number of benzene rings is 1. The Bertz CT molecular complexity index is 800. The van der Waals surface area contributed by atoms with Crippen LogP contribution in [0, 0.1) is 11.8 Å². The van der Waals surface area contributed by atoms with E-state index in [4.69, 9.17) is 10.5 Å². The fourth-order valence-electron chi connectivity index (χ4n) is 3.83. The highest BCUT2D eigenvalue weighted by Gasteiger charge is 2.32. The highest BCUT2D eigenvalue weighted by Crippen LogP contribution is 2.33. The predicted octanol–water partition coefficient (Wildman–Crippen LogP) is 2.29. The van der Waals surface area contributed by atoms with Gasteiger partial charge in [-0.15, -0.1) is 0 Å². The Hall–Kier alpha value is -2.30. The Labute approximate surface area is 187 Å². The largest absolute Gasteiger partial charge is 0.433 e. The van der Waals surface area contributed by atoms with Crippen LogP contribution in [0.15, 0.2) is 18.2 Å². The number of nitrogens with two attached hydrogens (primary N) is 1. The zero-order valence-corrected chi connectivity index (χ0v) is 18.6. The smallest absolute Gasteiger partial charge is 0.387 e. The second-order valence-electron chi connectivity index (χ2n) is 8.69. The summed E-state index contributed by atoms with van der Waals surface area (Å²) in [6.07, 6.45) is 2.28. The minimum atomic E-state index is -3.08. The third-order valence-corrected chi connectivity index (χ3v) is 5.49. The van der Waals surface area contributed by atoms with Crippen molar-refractivity contribution in [3.8, 4) is 5.75 Å². The summed E-state index contributed by atoms with van der Waals surface area (Å²) in [5.74, 6) is 0.0580. The van der Waals surface area contributed by atoms with Gasteiger partial charge in [0.1, 0.15) is 12.6 Å². The number of amides is 2. The summed E-state index contributed by atoms with van der Waals surface area (Å²) in [6.45, 7) is 3.25. The van der Waals surface area contributed by atoms with E-state index in [1.807, 2.05) is 0 Å². The van der Waals surface area contributed by atoms with E-state index in [2.05, 4.69) is 28.8 Å². The van der Waals surface area contributed by atoms with E-state index in [0.717, 1.165) is 19.4 Å². The van der Waals surface area contributed by atoms with Crippen molar-refractivity contribution < 1.29 is 27.8 Å². The summed E-state index contributed by atoms with van der Waals surface area (Å²) < 4.78 is 35.9. The molecule has 1 aliphatic heterocycles. The van der Waals surface area contributed by atoms with Crippen LogP contribution in [0.2, 0.25) is 0 Å². The third-order valence-electron chi connectivity index (χ3n) is 5.49. The molecule has 1 saturated heterocycles. The second kappa shape index (κ2) is 11.0. The minimum absolute atomic E-state index is 0.0750. The van der Waals surface area contributed by atoms with Gasteiger partial charge in [0.2, 0.25) is 5.91 Å². The summed E-state index contributed by atoms with van der Waals surface area (Å²) >= 11 is 0. The molecule has 8 nitrogen and oxygen atoms in total. The fourth-order valence-corrected chi connectivity index (χ4v) is 3.83. The highest BCUT2D eigenvalue weighted by molar-refractivity contribution is 5.98. The molecular weight excluding hydrogens is 422 g/mol. The average molecular weight is 455 g/mol. The molecule has 3 N–H and O–H groups in total. The molecule has 0 bridgehead atoms. The summed E-state index contributed by atoms with van der Waals surface area (Å²) in [6, 6.07) is 3.80. The van der Waals surface area contributed by atoms with Crippen LogP contribution in [0.25, 0.3) is 0 Å². The molecule has 1 saturated carbocycles. The first kappa shape index (κ1) is 24.3. The lowest BCUT2D eigenvalue weighted by molar-refractivity contribution is -0.125. The molecule has 0 unspecified atom stereocenters. The Morgan fingerprint density at radius 1 is 1.38 bits per heavy atom. The Morgan fingerprint density at radius 2 is 2.12 bits per heavy atom. The lowest BCUT2D eigenvalue weighted by Gasteiger charge is -2.32. The van der Waals surface area contributed by atoms with Crippen molar-refractivity contribution in [2.45, 2.75) is 39.3 Å². The number of rotatable bonds is 11. The van der Waals surface area contributed by atoms with E-state index in [0.29, 0.717) is 37.2 Å². The number of carbonyl (C=O) groups excluding carboxylic acids is 2. The first-order valence-electron chi connectivity index (χ1n) is 11.0. The zero-order chi connectivity index (χ0) is 23.3. The molecule has 0 radical (unpaired) electrons. The van der Waals surface area contributed by atoms with Gasteiger partial charge in [0.15, 0.2) is 5.75 Å². The molecule has 1 aromatic carbocycles. The number of carbonyl (C=O) groups is 2. The lowest BCUT2D eigenvalue weighted by atomic mass is 10.1. The second-order valence-corrected chi connectivity index (χ2v) is 8.69. The van der Waals surface area contributed by atoms with E-state index < -0.39 is 12.7 Å². The van der Waals surface area contributed by atoms with Gasteiger partial charge in [-0.3, -0.25) is 14.5 Å². The van der Waals surface area contributed by atoms with E-state index >= 15 is 0 Å². The zero-order valence-electron chi connectivity index (χ0n) is 18.6. The van der Waals surface area contributed by atoms with Crippen LogP contribution in [-0.2, 0) is 14.3 Å². The van der Waals surface area contributed by atoms with Crippen molar-refractivity contribution in [2.75, 3.05) is 49.6 Å². The molecule has 0 aromatic heterocycles. The Morgan fingerprint density at radius 3 is 2.72 bits per heavy atom. The number of nitrogens with one attached hydrogen (secondary N) is 1. The van der Waals surface area contributed by atoms with Crippen LogP contribution in [0.4, 0.5) is 20.2 Å². The summed E-state index contributed by atoms with van der Waals surface area (Å²) in [7, 11) is 0. The van der Waals surface area contributed by atoms with Crippen LogP contribution in [0.5, 0.6) is 5.75 Å². The summed E-state index contributed by atoms with van der Waals surface area (Å²) in [4.78, 5) is 28.7. The van der Waals surface area contributed by atoms with E-state index in [1.54, 1.807) is 6.07 Å². The van der Waals surface area contributed by atoms with E-state index in [9.17, 15) is 18.4 Å². The molecule has 2 amide bonds. The molecular formula is C22H32F2N4O4. The van der Waals surface area contributed by atoms with Crippen LogP contribution >= 0.6 is 0 Å². The number of anilines is 2. The van der Waals surface area contributed by atoms with Gasteiger partial charge in [-0.1, -0.05) is 13.8 Å². The van der Waals surface area contributed by atoms with E-state index in [-0.39, 0.29) is 36.4 Å². The number of hydrogen-bond acceptors (Lipinski definition) is 6. The molecule has 1 aromatic rings. The molecule has 10 heteroatoms. The molecule has 32 heavy (non-hydrogen) atoms. The van der Waals surface area contributed by atoms with Gasteiger partial charge in [-0.25, -0.2) is 0 Å². The van der Waals surface area contributed by atoms with Crippen LogP contribution in [-0.4, -0.2) is 68.8 Å². The van der Waals surface area contributed by atoms with Gasteiger partial charge in [0, 0.05) is 37.9 Å². The van der Waals surface area contributed by atoms with Crippen molar-refractivity contribution in [1.82, 2.24) is 4.90 Å². The SMILES string of the molecule is CC(C)CN(CC1CC1)[C@@H](CN)C(=O)Nc1ccc(N2CCOCC2=O)cc1OC(F)F. The summed E-state index contributed by atoms with van der Waals surface area (Å²) in [5.41, 5.74) is 6.45. The number of halogens is 2. The maximum atomic E-state index is 13.1. The van der Waals surface area contributed by atoms with Crippen LogP contribution in [0.3, 0.4) is 0 Å². The normalized spacial score (nSPS) is 17.9. The lowest BCUT2D eigenvalue weighted by Crippen LogP contribution is -2.50. The van der Waals surface area contributed by atoms with Crippen molar-refractivity contribution in [3.63, 3.8) is 0 Å². The van der Waals surface area contributed by atoms with E-state index in [1.165, 1.54) is 17.0 Å². The molecule has 3 rings (SSSR count). The third kappa shape index (κ3) is 6.60. The number of hydrogen-bond donors (Lipinski definition) is 2. The maximum absolute atomic E-state index is 13.1. The van der Waals surface area contributed by atoms with Crippen molar-refractivity contribution in [3.05, 3.63) is 18.2 Å². The Balaban J connectivity index is 1.79. The first-order chi connectivity index (χ1) is 15.3.